The van der Waals surface area contributed by atoms with Crippen molar-refractivity contribution < 1.29 is 0 Å². The van der Waals surface area contributed by atoms with Crippen LogP contribution >= 0.6 is 50.5 Å². The van der Waals surface area contributed by atoms with Gasteiger partial charge >= 0.3 is 0 Å². The Morgan fingerprint density at radius 3 is 2.61 bits per heavy atom. The van der Waals surface area contributed by atoms with Crippen molar-refractivity contribution in [2.45, 2.75) is 0 Å². The highest BCUT2D eigenvalue weighted by Crippen LogP contribution is 2.32. The summed E-state index contributed by atoms with van der Waals surface area (Å²) in [5.41, 5.74) is 0.817. The van der Waals surface area contributed by atoms with Gasteiger partial charge in [0.25, 0.3) is 0 Å². The van der Waals surface area contributed by atoms with Crippen LogP contribution < -0.4 is 0 Å². The Hall–Kier alpha value is -0.680. The van der Waals surface area contributed by atoms with E-state index in [-0.39, 0.29) is 0 Å². The SMILES string of the molecule is Clc1ccc(-c2nc(Cl)c3cc(Br)ccc3n2)s1. The zero-order chi connectivity index (χ0) is 12.7. The molecule has 90 valence electrons. The average Bonchev–Trinajstić information content (AvgIpc) is 2.77. The smallest absolute Gasteiger partial charge is 0.171 e. The number of aromatic nitrogens is 2. The highest BCUT2D eigenvalue weighted by Gasteiger charge is 2.10. The lowest BCUT2D eigenvalue weighted by atomic mass is 10.2. The van der Waals surface area contributed by atoms with Crippen LogP contribution in [0.3, 0.4) is 0 Å². The molecule has 0 atom stereocenters. The molecule has 6 heteroatoms. The van der Waals surface area contributed by atoms with Crippen molar-refractivity contribution in [3.05, 3.63) is 44.3 Å². The van der Waals surface area contributed by atoms with Crippen LogP contribution in [-0.4, -0.2) is 9.97 Å². The van der Waals surface area contributed by atoms with Gasteiger partial charge in [-0.25, -0.2) is 9.97 Å². The van der Waals surface area contributed by atoms with Gasteiger partial charge in [-0.05, 0) is 30.3 Å². The molecule has 3 aromatic rings. The normalized spacial score (nSPS) is 11.1. The molecule has 0 N–H and O–H groups in total. The molecular formula is C12H5BrCl2N2S. The van der Waals surface area contributed by atoms with E-state index in [0.717, 1.165) is 20.3 Å². The van der Waals surface area contributed by atoms with E-state index in [1.807, 2.05) is 30.3 Å². The molecule has 3 rings (SSSR count). The second kappa shape index (κ2) is 4.78. The highest BCUT2D eigenvalue weighted by molar-refractivity contribution is 9.10. The molecular weight excluding hydrogens is 355 g/mol. The fourth-order valence-corrected chi connectivity index (χ4v) is 3.18. The molecule has 0 spiro atoms. The van der Waals surface area contributed by atoms with Crippen molar-refractivity contribution >= 4 is 61.4 Å². The van der Waals surface area contributed by atoms with E-state index in [9.17, 15) is 0 Å². The van der Waals surface area contributed by atoms with Gasteiger partial charge in [0.05, 0.1) is 14.7 Å². The largest absolute Gasteiger partial charge is 0.227 e. The summed E-state index contributed by atoms with van der Waals surface area (Å²) in [6.07, 6.45) is 0. The molecule has 0 saturated carbocycles. The van der Waals surface area contributed by atoms with E-state index in [2.05, 4.69) is 25.9 Å². The lowest BCUT2D eigenvalue weighted by Gasteiger charge is -2.03. The first-order chi connectivity index (χ1) is 8.63. The van der Waals surface area contributed by atoms with E-state index in [1.165, 1.54) is 11.3 Å². The Morgan fingerprint density at radius 2 is 1.89 bits per heavy atom. The first-order valence-corrected chi connectivity index (χ1v) is 7.38. The molecule has 2 heterocycles. The summed E-state index contributed by atoms with van der Waals surface area (Å²) < 4.78 is 1.66. The van der Waals surface area contributed by atoms with Gasteiger partial charge in [-0.1, -0.05) is 39.1 Å². The van der Waals surface area contributed by atoms with Crippen LogP contribution in [0.5, 0.6) is 0 Å². The molecule has 0 unspecified atom stereocenters. The maximum atomic E-state index is 6.19. The summed E-state index contributed by atoms with van der Waals surface area (Å²) in [7, 11) is 0. The standard InChI is InChI=1S/C12H5BrCl2N2S/c13-6-1-2-8-7(5-6)11(15)17-12(16-8)9-3-4-10(14)18-9/h1-5H. The number of thiophene rings is 1. The van der Waals surface area contributed by atoms with Crippen LogP contribution in [-0.2, 0) is 0 Å². The van der Waals surface area contributed by atoms with Gasteiger partial charge in [-0.2, -0.15) is 0 Å². The summed E-state index contributed by atoms with van der Waals surface area (Å²) >= 11 is 16.9. The minimum absolute atomic E-state index is 0.445. The van der Waals surface area contributed by atoms with Crippen LogP contribution in [0, 0.1) is 0 Å². The number of benzene rings is 1. The quantitative estimate of drug-likeness (QED) is 0.541. The maximum absolute atomic E-state index is 6.19. The zero-order valence-corrected chi connectivity index (χ0v) is 12.7. The molecule has 0 bridgehead atoms. The first kappa shape index (κ1) is 12.4. The summed E-state index contributed by atoms with van der Waals surface area (Å²) in [6.45, 7) is 0. The van der Waals surface area contributed by atoms with Gasteiger partial charge in [0.1, 0.15) is 5.15 Å². The van der Waals surface area contributed by atoms with Crippen LogP contribution in [0.2, 0.25) is 9.49 Å². The molecule has 2 aromatic heterocycles. The second-order valence-electron chi connectivity index (χ2n) is 3.60. The third kappa shape index (κ3) is 2.26. The minimum atomic E-state index is 0.445. The Morgan fingerprint density at radius 1 is 1.06 bits per heavy atom. The summed E-state index contributed by atoms with van der Waals surface area (Å²) in [4.78, 5) is 9.72. The number of rotatable bonds is 1. The van der Waals surface area contributed by atoms with E-state index in [0.29, 0.717) is 15.3 Å². The van der Waals surface area contributed by atoms with Crippen molar-refractivity contribution in [2.24, 2.45) is 0 Å². The Labute approximate surface area is 126 Å². The zero-order valence-electron chi connectivity index (χ0n) is 8.82. The molecule has 1 aromatic carbocycles. The topological polar surface area (TPSA) is 25.8 Å². The number of fused-ring (bicyclic) bond motifs is 1. The van der Waals surface area contributed by atoms with E-state index >= 15 is 0 Å². The lowest BCUT2D eigenvalue weighted by molar-refractivity contribution is 1.24. The third-order valence-corrected chi connectivity index (χ3v) is 4.41. The molecule has 0 aliphatic heterocycles. The predicted octanol–water partition coefficient (Wildman–Crippen LogP) is 5.43. The highest BCUT2D eigenvalue weighted by atomic mass is 79.9. The van der Waals surface area contributed by atoms with Crippen molar-refractivity contribution in [1.29, 1.82) is 0 Å². The second-order valence-corrected chi connectivity index (χ2v) is 6.59. The predicted molar refractivity (Wildman–Crippen MR) is 80.6 cm³/mol. The van der Waals surface area contributed by atoms with Gasteiger partial charge in [0.15, 0.2) is 5.82 Å². The Bertz CT molecular complexity index is 742. The van der Waals surface area contributed by atoms with Gasteiger partial charge in [0.2, 0.25) is 0 Å². The molecule has 0 fully saturated rings. The van der Waals surface area contributed by atoms with E-state index in [4.69, 9.17) is 23.2 Å². The van der Waals surface area contributed by atoms with E-state index < -0.39 is 0 Å². The maximum Gasteiger partial charge on any atom is 0.171 e. The van der Waals surface area contributed by atoms with Gasteiger partial charge in [-0.15, -0.1) is 11.3 Å². The molecule has 2 nitrogen and oxygen atoms in total. The molecule has 0 aliphatic rings. The lowest BCUT2D eigenvalue weighted by Crippen LogP contribution is -1.90. The minimum Gasteiger partial charge on any atom is -0.227 e. The number of halogens is 3. The van der Waals surface area contributed by atoms with Crippen LogP contribution in [0.4, 0.5) is 0 Å². The van der Waals surface area contributed by atoms with Crippen LogP contribution in [0.15, 0.2) is 34.8 Å². The fraction of sp³-hybridized carbons (Fsp3) is 0. The summed E-state index contributed by atoms with van der Waals surface area (Å²) in [5, 5.41) is 1.28. The number of hydrogen-bond donors (Lipinski definition) is 0. The van der Waals surface area contributed by atoms with Crippen molar-refractivity contribution in [3.8, 4) is 10.7 Å². The van der Waals surface area contributed by atoms with Gasteiger partial charge in [-0.3, -0.25) is 0 Å². The summed E-state index contributed by atoms with van der Waals surface area (Å²) in [6, 6.07) is 9.46. The first-order valence-electron chi connectivity index (χ1n) is 5.02. The number of hydrogen-bond acceptors (Lipinski definition) is 3. The summed E-state index contributed by atoms with van der Waals surface area (Å²) in [5.74, 6) is 0.603. The Kier molecular flexibility index (Phi) is 3.28. The molecule has 0 aliphatic carbocycles. The van der Waals surface area contributed by atoms with E-state index in [1.54, 1.807) is 0 Å². The van der Waals surface area contributed by atoms with Crippen molar-refractivity contribution in [3.63, 3.8) is 0 Å². The molecule has 0 radical (unpaired) electrons. The average molecular weight is 360 g/mol. The molecule has 0 saturated heterocycles. The van der Waals surface area contributed by atoms with Crippen molar-refractivity contribution in [1.82, 2.24) is 9.97 Å². The Balaban J connectivity index is 2.24. The van der Waals surface area contributed by atoms with Crippen LogP contribution in [0.1, 0.15) is 0 Å². The van der Waals surface area contributed by atoms with Gasteiger partial charge < -0.3 is 0 Å². The number of nitrogens with zero attached hydrogens (tertiary/aromatic N) is 2. The third-order valence-electron chi connectivity index (χ3n) is 2.40. The monoisotopic (exact) mass is 358 g/mol. The van der Waals surface area contributed by atoms with Crippen LogP contribution in [0.25, 0.3) is 21.6 Å². The molecule has 0 amide bonds. The molecule has 18 heavy (non-hydrogen) atoms. The van der Waals surface area contributed by atoms with Gasteiger partial charge in [0, 0.05) is 9.86 Å². The van der Waals surface area contributed by atoms with Crippen molar-refractivity contribution in [2.75, 3.05) is 0 Å². The fourth-order valence-electron chi connectivity index (χ4n) is 1.61.